The Morgan fingerprint density at radius 3 is 1.26 bits per heavy atom. The molecule has 0 aromatic rings. The van der Waals surface area contributed by atoms with Gasteiger partial charge in [0, 0.05) is 12.4 Å². The predicted molar refractivity (Wildman–Crippen MR) is 163 cm³/mol. The Morgan fingerprint density at radius 1 is 0.543 bits per heavy atom. The lowest BCUT2D eigenvalue weighted by molar-refractivity contribution is 0.485. The molecular weight excluding hydrogens is 460 g/mol. The molecule has 0 atom stereocenters. The lowest BCUT2D eigenvalue weighted by Gasteiger charge is -2.38. The van der Waals surface area contributed by atoms with Crippen molar-refractivity contribution in [3.63, 3.8) is 0 Å². The average molecular weight is 518 g/mol. The summed E-state index contributed by atoms with van der Waals surface area (Å²) in [7, 11) is 0.313. The van der Waals surface area contributed by atoms with Crippen LogP contribution in [0.15, 0.2) is 17.1 Å². The van der Waals surface area contributed by atoms with Crippen LogP contribution in [-0.4, -0.2) is 46.7 Å². The summed E-state index contributed by atoms with van der Waals surface area (Å²) in [6.45, 7) is 4.71. The second-order valence-electron chi connectivity index (χ2n) is 12.9. The van der Waals surface area contributed by atoms with E-state index >= 15 is 0 Å². The van der Waals surface area contributed by atoms with Gasteiger partial charge in [-0.15, -0.1) is 0 Å². The number of hydrogen-bond donors (Lipinski definition) is 0. The zero-order valence-corrected chi connectivity index (χ0v) is 25.2. The minimum absolute atomic E-state index is 0.0275. The molecule has 200 valence electrons. The van der Waals surface area contributed by atoms with E-state index < -0.39 is 0 Å². The Kier molecular flexibility index (Phi) is 12.1. The van der Waals surface area contributed by atoms with Crippen LogP contribution in [0, 0.1) is 0 Å². The highest BCUT2D eigenvalue weighted by atomic mass is 31.1. The molecule has 0 bridgehead atoms. The average Bonchev–Trinajstić information content (AvgIpc) is 2.91. The quantitative estimate of drug-likeness (QED) is 0.155. The van der Waals surface area contributed by atoms with Gasteiger partial charge in [0.1, 0.15) is 0 Å². The van der Waals surface area contributed by atoms with Gasteiger partial charge in [-0.1, -0.05) is 105 Å². The molecule has 35 heavy (non-hydrogen) atoms. The van der Waals surface area contributed by atoms with Gasteiger partial charge in [-0.2, -0.15) is 0 Å². The van der Waals surface area contributed by atoms with Crippen LogP contribution >= 0.6 is 15.8 Å². The minimum Gasteiger partial charge on any atom is -0.287 e. The van der Waals surface area contributed by atoms with Gasteiger partial charge in [-0.3, -0.25) is 4.99 Å². The molecule has 3 heteroatoms. The second-order valence-corrected chi connectivity index (χ2v) is 18.6. The molecule has 0 aromatic heterocycles. The summed E-state index contributed by atoms with van der Waals surface area (Å²) in [5.41, 5.74) is 4.18. The standard InChI is InChI=1S/C32H57NP2/c1-32(2,24-15-26-34(28-16-7-3-8-17-28)29-18-9-4-10-19-29)33-25-27-35(30-20-11-5-12-21-30)31-22-13-6-14-23-31/h15,24-25,28-31H,3-14,16-23,26-27H2,1-2H3. The number of nitrogens with zero attached hydrogens (tertiary/aromatic N) is 1. The Bertz CT molecular complexity index is 542. The highest BCUT2D eigenvalue weighted by Crippen LogP contribution is 2.56. The topological polar surface area (TPSA) is 12.4 Å². The molecule has 4 saturated carbocycles. The summed E-state index contributed by atoms with van der Waals surface area (Å²) in [5, 5.41) is 0. The van der Waals surface area contributed by atoms with Crippen molar-refractivity contribution in [2.24, 2.45) is 4.99 Å². The molecule has 1 nitrogen and oxygen atoms in total. The summed E-state index contributed by atoms with van der Waals surface area (Å²) in [5.74, 6) is 0. The highest BCUT2D eigenvalue weighted by molar-refractivity contribution is 7.60. The van der Waals surface area contributed by atoms with Crippen LogP contribution in [0.2, 0.25) is 0 Å². The summed E-state index contributed by atoms with van der Waals surface area (Å²) in [6, 6.07) is 0. The van der Waals surface area contributed by atoms with E-state index in [0.717, 1.165) is 22.6 Å². The van der Waals surface area contributed by atoms with E-state index in [0.29, 0.717) is 0 Å². The molecule has 0 aliphatic heterocycles. The molecule has 0 unspecified atom stereocenters. The fourth-order valence-electron chi connectivity index (χ4n) is 7.72. The molecule has 0 amide bonds. The maximum absolute atomic E-state index is 5.22. The molecule has 0 radical (unpaired) electrons. The van der Waals surface area contributed by atoms with Gasteiger partial charge < -0.3 is 0 Å². The third-order valence-corrected chi connectivity index (χ3v) is 16.8. The fraction of sp³-hybridized carbons (Fsp3) is 0.906. The minimum atomic E-state index is -0.0275. The van der Waals surface area contributed by atoms with E-state index in [4.69, 9.17) is 4.99 Å². The predicted octanol–water partition coefficient (Wildman–Crippen LogP) is 10.7. The molecule has 4 aliphatic carbocycles. The number of rotatable bonds is 10. The third-order valence-electron chi connectivity index (χ3n) is 9.73. The van der Waals surface area contributed by atoms with E-state index in [-0.39, 0.29) is 21.4 Å². The summed E-state index contributed by atoms with van der Waals surface area (Å²) in [6.07, 6.45) is 40.3. The van der Waals surface area contributed by atoms with Crippen LogP contribution in [0.3, 0.4) is 0 Å². The first-order valence-electron chi connectivity index (χ1n) is 15.9. The Labute approximate surface area is 221 Å². The van der Waals surface area contributed by atoms with Crippen molar-refractivity contribution in [2.45, 2.75) is 170 Å². The second kappa shape index (κ2) is 15.0. The van der Waals surface area contributed by atoms with E-state index in [1.54, 1.807) is 0 Å². The normalized spacial score (nSPS) is 25.5. The van der Waals surface area contributed by atoms with E-state index in [1.165, 1.54) is 141 Å². The Balaban J connectivity index is 1.33. The maximum Gasteiger partial charge on any atom is 0.0727 e. The summed E-state index contributed by atoms with van der Waals surface area (Å²) >= 11 is 0. The Morgan fingerprint density at radius 2 is 0.886 bits per heavy atom. The van der Waals surface area contributed by atoms with Crippen LogP contribution in [0.4, 0.5) is 0 Å². The van der Waals surface area contributed by atoms with Crippen LogP contribution in [-0.2, 0) is 0 Å². The van der Waals surface area contributed by atoms with Crippen LogP contribution in [0.25, 0.3) is 0 Å². The molecule has 0 spiro atoms. The monoisotopic (exact) mass is 517 g/mol. The molecule has 0 saturated heterocycles. The maximum atomic E-state index is 5.22. The van der Waals surface area contributed by atoms with Gasteiger partial charge >= 0.3 is 0 Å². The van der Waals surface area contributed by atoms with Crippen LogP contribution in [0.1, 0.15) is 142 Å². The molecule has 4 fully saturated rings. The van der Waals surface area contributed by atoms with E-state index in [9.17, 15) is 0 Å². The van der Waals surface area contributed by atoms with Gasteiger partial charge in [0.05, 0.1) is 5.54 Å². The summed E-state index contributed by atoms with van der Waals surface area (Å²) in [4.78, 5) is 5.22. The Hall–Kier alpha value is 0.270. The van der Waals surface area contributed by atoms with Crippen molar-refractivity contribution >= 4 is 22.1 Å². The van der Waals surface area contributed by atoms with Crippen molar-refractivity contribution in [2.75, 3.05) is 12.3 Å². The summed E-state index contributed by atoms with van der Waals surface area (Å²) < 4.78 is 0. The third kappa shape index (κ3) is 9.20. The molecule has 4 rings (SSSR count). The van der Waals surface area contributed by atoms with Crippen LogP contribution < -0.4 is 0 Å². The van der Waals surface area contributed by atoms with Gasteiger partial charge in [-0.05, 0) is 94.0 Å². The lowest BCUT2D eigenvalue weighted by atomic mass is 9.99. The van der Waals surface area contributed by atoms with E-state index in [2.05, 4.69) is 32.2 Å². The zero-order valence-electron chi connectivity index (χ0n) is 23.4. The van der Waals surface area contributed by atoms with Crippen molar-refractivity contribution < 1.29 is 0 Å². The van der Waals surface area contributed by atoms with Crippen molar-refractivity contribution in [3.8, 4) is 0 Å². The van der Waals surface area contributed by atoms with Gasteiger partial charge in [0.25, 0.3) is 0 Å². The number of allylic oxidation sites excluding steroid dienone is 1. The molecule has 0 N–H and O–H groups in total. The molecule has 4 aliphatic rings. The smallest absolute Gasteiger partial charge is 0.0727 e. The van der Waals surface area contributed by atoms with Crippen molar-refractivity contribution in [1.29, 1.82) is 0 Å². The number of hydrogen-bond acceptors (Lipinski definition) is 1. The fourth-order valence-corrected chi connectivity index (χ4v) is 14.8. The largest absolute Gasteiger partial charge is 0.287 e. The van der Waals surface area contributed by atoms with Gasteiger partial charge in [0.15, 0.2) is 0 Å². The first kappa shape index (κ1) is 28.3. The van der Waals surface area contributed by atoms with E-state index in [1.807, 2.05) is 0 Å². The van der Waals surface area contributed by atoms with Gasteiger partial charge in [0.2, 0.25) is 0 Å². The first-order valence-corrected chi connectivity index (χ1v) is 19.2. The lowest BCUT2D eigenvalue weighted by Crippen LogP contribution is -2.23. The molecule has 0 aromatic carbocycles. The first-order chi connectivity index (χ1) is 17.1. The molecule has 0 heterocycles. The number of aliphatic imine (C=N–C) groups is 1. The van der Waals surface area contributed by atoms with Crippen molar-refractivity contribution in [3.05, 3.63) is 12.2 Å². The SMILES string of the molecule is CC(C)(C=CCP(C1CCCCC1)C1CCCCC1)N=CCP(C1CCCCC1)C1CCCCC1. The van der Waals surface area contributed by atoms with Gasteiger partial charge in [-0.25, -0.2) is 0 Å². The molecular formula is C32H57NP2. The van der Waals surface area contributed by atoms with Crippen molar-refractivity contribution in [1.82, 2.24) is 0 Å². The highest BCUT2D eigenvalue weighted by Gasteiger charge is 2.31. The van der Waals surface area contributed by atoms with Crippen LogP contribution in [0.5, 0.6) is 0 Å². The zero-order chi connectivity index (χ0) is 24.3.